The first-order valence-electron chi connectivity index (χ1n) is 15.2. The van der Waals surface area contributed by atoms with E-state index in [0.717, 1.165) is 50.0 Å². The van der Waals surface area contributed by atoms with Crippen LogP contribution in [0, 0.1) is 11.8 Å². The Labute approximate surface area is 247 Å². The Balaban J connectivity index is 1.48. The van der Waals surface area contributed by atoms with Crippen LogP contribution in [0.5, 0.6) is 5.75 Å². The molecule has 1 aromatic carbocycles. The molecule has 3 amide bonds. The number of amides is 3. The van der Waals surface area contributed by atoms with Crippen molar-refractivity contribution in [3.63, 3.8) is 0 Å². The summed E-state index contributed by atoms with van der Waals surface area (Å²) in [5.41, 5.74) is 0.774. The number of rotatable bonds is 12. The first-order valence-corrected chi connectivity index (χ1v) is 16.1. The number of aliphatic hydroxyl groups excluding tert-OH is 1. The summed E-state index contributed by atoms with van der Waals surface area (Å²) >= 11 is 1.63. The summed E-state index contributed by atoms with van der Waals surface area (Å²) < 4.78 is 4.81. The largest absolute Gasteiger partial charge is 0.494 e. The zero-order valence-corrected chi connectivity index (χ0v) is 25.1. The fraction of sp³-hybridized carbons (Fsp3) is 0.594. The van der Waals surface area contributed by atoms with E-state index >= 15 is 0 Å². The van der Waals surface area contributed by atoms with Crippen LogP contribution < -0.4 is 9.64 Å². The normalized spacial score (nSPS) is 29.0. The number of carbonyl (C=O) groups excluding carboxylic acids is 3. The second kappa shape index (κ2) is 13.0. The predicted octanol–water partition coefficient (Wildman–Crippen LogP) is 4.04. The van der Waals surface area contributed by atoms with Crippen LogP contribution in [0.4, 0.5) is 5.69 Å². The predicted molar refractivity (Wildman–Crippen MR) is 162 cm³/mol. The van der Waals surface area contributed by atoms with Crippen molar-refractivity contribution < 1.29 is 24.2 Å². The van der Waals surface area contributed by atoms with Crippen LogP contribution in [0.1, 0.15) is 52.4 Å². The third kappa shape index (κ3) is 5.55. The Kier molecular flexibility index (Phi) is 9.44. The summed E-state index contributed by atoms with van der Waals surface area (Å²) in [7, 11) is 0. The maximum Gasteiger partial charge on any atom is 0.247 e. The maximum atomic E-state index is 14.4. The number of aliphatic hydroxyl groups is 1. The molecule has 4 aliphatic rings. The topological polar surface area (TPSA) is 90.4 Å². The Hall–Kier alpha value is -2.78. The number of nitrogens with zero attached hydrogens (tertiary/aromatic N) is 3. The minimum absolute atomic E-state index is 0.00147. The Morgan fingerprint density at radius 3 is 2.44 bits per heavy atom. The summed E-state index contributed by atoms with van der Waals surface area (Å²) in [4.78, 5) is 48.4. The van der Waals surface area contributed by atoms with Crippen LogP contribution in [-0.4, -0.2) is 88.1 Å². The molecule has 4 aliphatic heterocycles. The molecule has 5 atom stereocenters. The van der Waals surface area contributed by atoms with Gasteiger partial charge in [-0.25, -0.2) is 0 Å². The minimum Gasteiger partial charge on any atom is -0.494 e. The first-order chi connectivity index (χ1) is 20.0. The van der Waals surface area contributed by atoms with E-state index < -0.39 is 22.6 Å². The van der Waals surface area contributed by atoms with Gasteiger partial charge in [-0.05, 0) is 50.5 Å². The Bertz CT molecular complexity index is 1170. The summed E-state index contributed by atoms with van der Waals surface area (Å²) in [6.07, 6.45) is 13.4. The molecule has 9 heteroatoms. The van der Waals surface area contributed by atoms with Crippen LogP contribution in [0.25, 0.3) is 0 Å². The highest BCUT2D eigenvalue weighted by atomic mass is 32.2. The van der Waals surface area contributed by atoms with Gasteiger partial charge in [0.1, 0.15) is 11.8 Å². The van der Waals surface area contributed by atoms with E-state index in [1.54, 1.807) is 21.6 Å². The summed E-state index contributed by atoms with van der Waals surface area (Å²) in [6, 6.07) is 6.91. The van der Waals surface area contributed by atoms with Gasteiger partial charge in [-0.3, -0.25) is 14.4 Å². The van der Waals surface area contributed by atoms with E-state index in [1.165, 1.54) is 0 Å². The maximum absolute atomic E-state index is 14.4. The van der Waals surface area contributed by atoms with Crippen molar-refractivity contribution >= 4 is 35.2 Å². The number of benzene rings is 1. The van der Waals surface area contributed by atoms with Gasteiger partial charge in [0.15, 0.2) is 0 Å². The van der Waals surface area contributed by atoms with Gasteiger partial charge in [0.25, 0.3) is 0 Å². The Morgan fingerprint density at radius 2 is 1.71 bits per heavy atom. The molecule has 222 valence electrons. The smallest absolute Gasteiger partial charge is 0.247 e. The zero-order valence-electron chi connectivity index (χ0n) is 24.2. The monoisotopic (exact) mass is 581 g/mol. The first kappa shape index (κ1) is 29.7. The van der Waals surface area contributed by atoms with E-state index in [1.807, 2.05) is 42.2 Å². The highest BCUT2D eigenvalue weighted by Gasteiger charge is 2.70. The van der Waals surface area contributed by atoms with E-state index in [0.29, 0.717) is 32.8 Å². The molecule has 1 spiro atoms. The molecule has 2 fully saturated rings. The number of hydrogen-bond acceptors (Lipinski definition) is 6. The van der Waals surface area contributed by atoms with Gasteiger partial charge in [-0.1, -0.05) is 50.5 Å². The number of thioether (sulfide) groups is 1. The van der Waals surface area contributed by atoms with E-state index in [-0.39, 0.29) is 29.6 Å². The quantitative estimate of drug-likeness (QED) is 0.296. The summed E-state index contributed by atoms with van der Waals surface area (Å²) in [5, 5.41) is 8.99. The van der Waals surface area contributed by atoms with Crippen LogP contribution >= 0.6 is 11.8 Å². The van der Waals surface area contributed by atoms with Crippen LogP contribution in [0.2, 0.25) is 0 Å². The molecule has 8 nitrogen and oxygen atoms in total. The molecule has 0 radical (unpaired) electrons. The number of ether oxygens (including phenoxy) is 1. The summed E-state index contributed by atoms with van der Waals surface area (Å²) in [5.74, 6) is -0.559. The fourth-order valence-electron chi connectivity index (χ4n) is 6.84. The van der Waals surface area contributed by atoms with Crippen molar-refractivity contribution in [3.05, 3.63) is 48.6 Å². The van der Waals surface area contributed by atoms with Crippen molar-refractivity contribution in [2.75, 3.05) is 44.3 Å². The molecular formula is C32H43N3O5S. The van der Waals surface area contributed by atoms with Crippen molar-refractivity contribution in [2.45, 2.75) is 68.4 Å². The lowest BCUT2D eigenvalue weighted by Gasteiger charge is -2.35. The third-order valence-electron chi connectivity index (χ3n) is 8.79. The molecule has 0 bridgehead atoms. The third-order valence-corrected chi connectivity index (χ3v) is 10.5. The van der Waals surface area contributed by atoms with Crippen molar-refractivity contribution in [1.82, 2.24) is 9.80 Å². The molecule has 1 N–H and O–H groups in total. The highest BCUT2D eigenvalue weighted by Crippen LogP contribution is 2.61. The van der Waals surface area contributed by atoms with E-state index in [4.69, 9.17) is 4.74 Å². The molecule has 0 aromatic heterocycles. The number of fused-ring (bicyclic) bond motifs is 2. The standard InChI is InChI=1S/C32H43N3O5S/c1-3-5-18-33-19-11-17-32-27(30(38)35(28(32)31(33)39)20-8-6-7-9-22-36)26-25(41-32)12-10-21-34(29(26)37)23-13-15-24(16-14-23)40-4-2/h10-17,25-28,36H,3-9,18-22H2,1-2H3/t25-,26+,27-,28?,32-/m0/s1. The highest BCUT2D eigenvalue weighted by molar-refractivity contribution is 8.02. The SMILES string of the molecule is CCCCN1CC=C[C@]23S[C@H]4C=CCN(c5ccc(OCC)cc5)C(=O)[C@H]4[C@H]2C(=O)N(CCCCCCO)C3C1=O. The molecule has 1 unspecified atom stereocenters. The van der Waals surface area contributed by atoms with Crippen molar-refractivity contribution in [3.8, 4) is 5.75 Å². The molecule has 1 aromatic rings. The number of unbranched alkanes of at least 4 members (excludes halogenated alkanes) is 4. The zero-order chi connectivity index (χ0) is 29.0. The minimum atomic E-state index is -0.780. The average Bonchev–Trinajstić information content (AvgIpc) is 3.28. The number of anilines is 1. The van der Waals surface area contributed by atoms with E-state index in [9.17, 15) is 19.5 Å². The lowest BCUT2D eigenvalue weighted by molar-refractivity contribution is -0.142. The van der Waals surface area contributed by atoms with Gasteiger partial charge in [0.05, 0.1) is 23.2 Å². The molecular weight excluding hydrogens is 538 g/mol. The van der Waals surface area contributed by atoms with Crippen LogP contribution in [0.15, 0.2) is 48.6 Å². The molecule has 0 aliphatic carbocycles. The fourth-order valence-corrected chi connectivity index (χ4v) is 8.85. The molecule has 41 heavy (non-hydrogen) atoms. The van der Waals surface area contributed by atoms with Gasteiger partial charge < -0.3 is 24.5 Å². The second-order valence-electron chi connectivity index (χ2n) is 11.4. The van der Waals surface area contributed by atoms with Crippen molar-refractivity contribution in [2.24, 2.45) is 11.8 Å². The second-order valence-corrected chi connectivity index (χ2v) is 12.8. The number of hydrogen-bond donors (Lipinski definition) is 1. The van der Waals surface area contributed by atoms with Crippen molar-refractivity contribution in [1.29, 1.82) is 0 Å². The lowest BCUT2D eigenvalue weighted by Crippen LogP contribution is -2.53. The van der Waals surface area contributed by atoms with Gasteiger partial charge >= 0.3 is 0 Å². The molecule has 4 heterocycles. The number of likely N-dealkylation sites (tertiary alicyclic amines) is 1. The van der Waals surface area contributed by atoms with Gasteiger partial charge in [0, 0.05) is 43.7 Å². The van der Waals surface area contributed by atoms with Gasteiger partial charge in [-0.15, -0.1) is 11.8 Å². The molecule has 2 saturated heterocycles. The molecule has 0 saturated carbocycles. The van der Waals surface area contributed by atoms with Crippen LogP contribution in [-0.2, 0) is 14.4 Å². The number of carbonyl (C=O) groups is 3. The van der Waals surface area contributed by atoms with Crippen LogP contribution in [0.3, 0.4) is 0 Å². The Morgan fingerprint density at radius 1 is 0.927 bits per heavy atom. The van der Waals surface area contributed by atoms with Gasteiger partial charge in [0.2, 0.25) is 17.7 Å². The molecule has 5 rings (SSSR count). The van der Waals surface area contributed by atoms with Gasteiger partial charge in [-0.2, -0.15) is 0 Å². The van der Waals surface area contributed by atoms with E-state index in [2.05, 4.69) is 25.2 Å². The average molecular weight is 582 g/mol. The lowest BCUT2D eigenvalue weighted by atomic mass is 9.78. The summed E-state index contributed by atoms with van der Waals surface area (Å²) in [6.45, 7) is 6.89.